The molecule has 2 N–H and O–H groups in total. The highest BCUT2D eigenvalue weighted by atomic mass is 79.9. The molecular formula is C23H19BrN2O5. The monoisotopic (exact) mass is 482 g/mol. The third kappa shape index (κ3) is 7.27. The molecule has 0 aliphatic rings. The van der Waals surface area contributed by atoms with Gasteiger partial charge in [-0.3, -0.25) is 14.4 Å². The van der Waals surface area contributed by atoms with Gasteiger partial charge in [0.15, 0.2) is 6.61 Å². The summed E-state index contributed by atoms with van der Waals surface area (Å²) < 4.78 is 11.3. The van der Waals surface area contributed by atoms with Crippen LogP contribution >= 0.6 is 15.9 Å². The van der Waals surface area contributed by atoms with Crippen LogP contribution in [0.2, 0.25) is 0 Å². The van der Waals surface area contributed by atoms with Crippen LogP contribution in [0, 0.1) is 0 Å². The van der Waals surface area contributed by atoms with E-state index in [2.05, 4.69) is 26.6 Å². The maximum Gasteiger partial charge on any atom is 0.325 e. The van der Waals surface area contributed by atoms with Crippen molar-refractivity contribution in [2.75, 3.05) is 18.5 Å². The lowest BCUT2D eigenvalue weighted by Gasteiger charge is -2.09. The Hall–Kier alpha value is -3.65. The zero-order valence-electron chi connectivity index (χ0n) is 16.3. The number of benzene rings is 3. The van der Waals surface area contributed by atoms with E-state index >= 15 is 0 Å². The molecule has 2 amide bonds. The van der Waals surface area contributed by atoms with Crippen molar-refractivity contribution < 1.29 is 23.9 Å². The van der Waals surface area contributed by atoms with E-state index in [0.717, 1.165) is 4.47 Å². The van der Waals surface area contributed by atoms with E-state index in [1.54, 1.807) is 48.5 Å². The molecule has 0 aromatic heterocycles. The van der Waals surface area contributed by atoms with Crippen LogP contribution in [0.5, 0.6) is 11.5 Å². The second kappa shape index (κ2) is 10.9. The van der Waals surface area contributed by atoms with Crippen molar-refractivity contribution in [2.45, 2.75) is 0 Å². The first-order chi connectivity index (χ1) is 15.0. The molecule has 0 heterocycles. The molecule has 158 valence electrons. The van der Waals surface area contributed by atoms with Gasteiger partial charge in [0.1, 0.15) is 18.0 Å². The standard InChI is InChI=1S/C23H19BrN2O5/c24-17-6-4-5-16(13-17)23(29)25-14-22(28)30-15-21(27)26-18-9-11-20(12-10-18)31-19-7-2-1-3-8-19/h1-13H,14-15H2,(H,25,29)(H,26,27). The Morgan fingerprint density at radius 2 is 1.55 bits per heavy atom. The van der Waals surface area contributed by atoms with Gasteiger partial charge in [0.05, 0.1) is 0 Å². The molecule has 0 spiro atoms. The molecule has 0 saturated heterocycles. The highest BCUT2D eigenvalue weighted by Gasteiger charge is 2.11. The number of carbonyl (C=O) groups is 3. The largest absolute Gasteiger partial charge is 0.457 e. The average Bonchev–Trinajstić information content (AvgIpc) is 2.78. The lowest BCUT2D eigenvalue weighted by atomic mass is 10.2. The van der Waals surface area contributed by atoms with E-state index < -0.39 is 24.4 Å². The van der Waals surface area contributed by atoms with Gasteiger partial charge < -0.3 is 20.1 Å². The Kier molecular flexibility index (Phi) is 7.78. The molecular weight excluding hydrogens is 464 g/mol. The van der Waals surface area contributed by atoms with Crippen molar-refractivity contribution >= 4 is 39.4 Å². The third-order valence-electron chi connectivity index (χ3n) is 3.96. The fraction of sp³-hybridized carbons (Fsp3) is 0.0870. The first-order valence-electron chi connectivity index (χ1n) is 9.32. The lowest BCUT2D eigenvalue weighted by molar-refractivity contribution is -0.146. The van der Waals surface area contributed by atoms with E-state index in [4.69, 9.17) is 9.47 Å². The van der Waals surface area contributed by atoms with E-state index in [1.165, 1.54) is 0 Å². The van der Waals surface area contributed by atoms with Crippen molar-refractivity contribution in [1.82, 2.24) is 5.32 Å². The molecule has 0 aliphatic heterocycles. The Morgan fingerprint density at radius 1 is 0.839 bits per heavy atom. The van der Waals surface area contributed by atoms with Crippen molar-refractivity contribution in [1.29, 1.82) is 0 Å². The van der Waals surface area contributed by atoms with Crippen molar-refractivity contribution in [3.63, 3.8) is 0 Å². The van der Waals surface area contributed by atoms with Crippen LogP contribution in [-0.4, -0.2) is 30.9 Å². The molecule has 7 nitrogen and oxygen atoms in total. The molecule has 0 unspecified atom stereocenters. The summed E-state index contributed by atoms with van der Waals surface area (Å²) in [6.45, 7) is -0.808. The fourth-order valence-electron chi connectivity index (χ4n) is 2.51. The number of amides is 2. The molecule has 3 aromatic carbocycles. The zero-order chi connectivity index (χ0) is 22.1. The first-order valence-corrected chi connectivity index (χ1v) is 10.1. The number of halogens is 1. The minimum atomic E-state index is -0.717. The molecule has 3 aromatic rings. The van der Waals surface area contributed by atoms with Crippen molar-refractivity contribution in [2.24, 2.45) is 0 Å². The quantitative estimate of drug-likeness (QED) is 0.470. The first kappa shape index (κ1) is 22.0. The number of hydrogen-bond donors (Lipinski definition) is 2. The summed E-state index contributed by atoms with van der Waals surface area (Å²) >= 11 is 3.27. The number of para-hydroxylation sites is 1. The molecule has 0 saturated carbocycles. The van der Waals surface area contributed by atoms with Crippen LogP contribution < -0.4 is 15.4 Å². The van der Waals surface area contributed by atoms with E-state index in [1.807, 2.05) is 30.3 Å². The van der Waals surface area contributed by atoms with Crippen LogP contribution in [0.15, 0.2) is 83.3 Å². The third-order valence-corrected chi connectivity index (χ3v) is 4.45. The van der Waals surface area contributed by atoms with Gasteiger partial charge in [-0.2, -0.15) is 0 Å². The summed E-state index contributed by atoms with van der Waals surface area (Å²) in [5, 5.41) is 5.07. The second-order valence-corrected chi connectivity index (χ2v) is 7.26. The molecule has 0 fully saturated rings. The topological polar surface area (TPSA) is 93.7 Å². The summed E-state index contributed by atoms with van der Waals surface area (Å²) in [5.74, 6) is -0.302. The van der Waals surface area contributed by atoms with Gasteiger partial charge in [-0.1, -0.05) is 40.2 Å². The van der Waals surface area contributed by atoms with Gasteiger partial charge in [-0.05, 0) is 54.6 Å². The van der Waals surface area contributed by atoms with E-state index in [-0.39, 0.29) is 6.54 Å². The molecule has 8 heteroatoms. The number of rotatable bonds is 8. The summed E-state index contributed by atoms with van der Waals surface area (Å²) in [7, 11) is 0. The van der Waals surface area contributed by atoms with Gasteiger partial charge in [0.25, 0.3) is 11.8 Å². The number of nitrogens with one attached hydrogen (secondary N) is 2. The fourth-order valence-corrected chi connectivity index (χ4v) is 2.91. The summed E-state index contributed by atoms with van der Waals surface area (Å²) in [4.78, 5) is 35.8. The minimum Gasteiger partial charge on any atom is -0.457 e. The van der Waals surface area contributed by atoms with E-state index in [0.29, 0.717) is 22.7 Å². The van der Waals surface area contributed by atoms with Crippen LogP contribution in [0.1, 0.15) is 10.4 Å². The van der Waals surface area contributed by atoms with Gasteiger partial charge in [0.2, 0.25) is 0 Å². The van der Waals surface area contributed by atoms with Crippen LogP contribution in [-0.2, 0) is 14.3 Å². The summed E-state index contributed by atoms with van der Waals surface area (Å²) in [6, 6.07) is 22.8. The van der Waals surface area contributed by atoms with Crippen molar-refractivity contribution in [3.05, 3.63) is 88.9 Å². The molecule has 0 radical (unpaired) electrons. The summed E-state index contributed by atoms with van der Waals surface area (Å²) in [5.41, 5.74) is 0.934. The van der Waals surface area contributed by atoms with Gasteiger partial charge in [0, 0.05) is 15.7 Å². The maximum absolute atomic E-state index is 12.0. The van der Waals surface area contributed by atoms with Gasteiger partial charge in [-0.15, -0.1) is 0 Å². The lowest BCUT2D eigenvalue weighted by Crippen LogP contribution is -2.32. The predicted octanol–water partition coefficient (Wildman–Crippen LogP) is 4.15. The highest BCUT2D eigenvalue weighted by molar-refractivity contribution is 9.10. The van der Waals surface area contributed by atoms with Crippen LogP contribution in [0.4, 0.5) is 5.69 Å². The van der Waals surface area contributed by atoms with Gasteiger partial charge in [-0.25, -0.2) is 0 Å². The van der Waals surface area contributed by atoms with Crippen molar-refractivity contribution in [3.8, 4) is 11.5 Å². The number of hydrogen-bond acceptors (Lipinski definition) is 5. The Bertz CT molecular complexity index is 1060. The smallest absolute Gasteiger partial charge is 0.325 e. The molecule has 0 aliphatic carbocycles. The minimum absolute atomic E-state index is 0.343. The summed E-state index contributed by atoms with van der Waals surface area (Å²) in [6.07, 6.45) is 0. The number of ether oxygens (including phenoxy) is 2. The predicted molar refractivity (Wildman–Crippen MR) is 119 cm³/mol. The van der Waals surface area contributed by atoms with Crippen LogP contribution in [0.3, 0.4) is 0 Å². The Labute approximate surface area is 187 Å². The molecule has 0 bridgehead atoms. The number of carbonyl (C=O) groups excluding carboxylic acids is 3. The molecule has 31 heavy (non-hydrogen) atoms. The maximum atomic E-state index is 12.0. The van der Waals surface area contributed by atoms with Gasteiger partial charge >= 0.3 is 5.97 Å². The molecule has 3 rings (SSSR count). The second-order valence-electron chi connectivity index (χ2n) is 6.34. The molecule has 0 atom stereocenters. The Balaban J connectivity index is 1.39. The normalized spacial score (nSPS) is 10.1. The van der Waals surface area contributed by atoms with Crippen LogP contribution in [0.25, 0.3) is 0 Å². The zero-order valence-corrected chi connectivity index (χ0v) is 17.9. The number of esters is 1. The average molecular weight is 483 g/mol. The highest BCUT2D eigenvalue weighted by Crippen LogP contribution is 2.22. The Morgan fingerprint density at radius 3 is 2.26 bits per heavy atom. The number of anilines is 1. The van der Waals surface area contributed by atoms with E-state index in [9.17, 15) is 14.4 Å². The SMILES string of the molecule is O=C(COC(=O)CNC(=O)c1cccc(Br)c1)Nc1ccc(Oc2ccccc2)cc1.